The van der Waals surface area contributed by atoms with E-state index in [1.807, 2.05) is 12.3 Å². The van der Waals surface area contributed by atoms with Crippen molar-refractivity contribution in [3.63, 3.8) is 0 Å². The van der Waals surface area contributed by atoms with Gasteiger partial charge in [-0.3, -0.25) is 14.2 Å². The lowest BCUT2D eigenvalue weighted by Gasteiger charge is -2.16. The molecule has 0 radical (unpaired) electrons. The Morgan fingerprint density at radius 1 is 0.262 bits per heavy atom. The van der Waals surface area contributed by atoms with Crippen LogP contribution in [0.1, 0.15) is 10.4 Å². The van der Waals surface area contributed by atoms with E-state index in [9.17, 15) is 4.79 Å². The van der Waals surface area contributed by atoms with Crippen molar-refractivity contribution in [2.45, 2.75) is 0 Å². The van der Waals surface area contributed by atoms with Crippen molar-refractivity contribution in [2.75, 3.05) is 0 Å². The molecule has 27 rings (SSSR count). The Morgan fingerprint density at radius 2 is 0.713 bits per heavy atom. The number of nitrogens with zero attached hydrogens (tertiary/aromatic N) is 10. The molecule has 0 saturated carbocycles. The number of pyridine rings is 2. The summed E-state index contributed by atoms with van der Waals surface area (Å²) in [6, 6.07) is 135. The summed E-state index contributed by atoms with van der Waals surface area (Å²) in [7, 11) is 0. The number of carbonyl (C=O) groups excluding carboxylic acids is 1. The Balaban J connectivity index is 0.642. The second-order valence-corrected chi connectivity index (χ2v) is 32.1. The van der Waals surface area contributed by atoms with E-state index in [0.29, 0.717) is 5.56 Å². The summed E-state index contributed by atoms with van der Waals surface area (Å²) >= 11 is 0. The van der Waals surface area contributed by atoms with Crippen molar-refractivity contribution in [2.24, 2.45) is 0 Å². The van der Waals surface area contributed by atoms with Crippen LogP contribution in [-0.2, 0) is 0 Å². The molecule has 566 valence electrons. The van der Waals surface area contributed by atoms with Gasteiger partial charge in [-0.25, -0.2) is 9.97 Å². The van der Waals surface area contributed by atoms with Crippen LogP contribution < -0.4 is 0 Å². The number of aromatic amines is 1. The van der Waals surface area contributed by atoms with E-state index >= 15 is 0 Å². The van der Waals surface area contributed by atoms with Crippen molar-refractivity contribution in [1.29, 1.82) is 0 Å². The van der Waals surface area contributed by atoms with Gasteiger partial charge in [-0.2, -0.15) is 0 Å². The molecule has 0 bridgehead atoms. The fraction of sp³-hybridized carbons (Fsp3) is 0. The molecule has 1 N–H and O–H groups in total. The zero-order valence-corrected chi connectivity index (χ0v) is 65.3. The highest BCUT2D eigenvalue weighted by molar-refractivity contribution is 6.42. The molecule has 0 spiro atoms. The topological polar surface area (TPSA) is 106 Å². The average Bonchev–Trinajstić information content (AvgIpc) is 1.50. The summed E-state index contributed by atoms with van der Waals surface area (Å²) in [5, 5.41) is 15.4. The molecule has 10 aromatic heterocycles. The van der Waals surface area contributed by atoms with Crippen molar-refractivity contribution in [3.05, 3.63) is 388 Å². The van der Waals surface area contributed by atoms with Gasteiger partial charge in [0.1, 0.15) is 11.5 Å². The van der Waals surface area contributed by atoms with Crippen LogP contribution in [-0.4, -0.2) is 58.0 Å². The molecule has 0 aliphatic heterocycles. The zero-order valence-electron chi connectivity index (χ0n) is 65.3. The molecule has 0 fully saturated rings. The number of aromatic nitrogens is 11. The minimum Gasteiger partial charge on any atom is -0.338 e. The molecule has 12 nitrogen and oxygen atoms in total. The predicted molar refractivity (Wildman–Crippen MR) is 503 cm³/mol. The second-order valence-electron chi connectivity index (χ2n) is 32.1. The molecule has 17 aromatic carbocycles. The third-order valence-corrected chi connectivity index (χ3v) is 25.9. The molecule has 0 saturated heterocycles. The number of benzene rings is 17. The van der Waals surface area contributed by atoms with E-state index < -0.39 is 0 Å². The lowest BCUT2D eigenvalue weighted by atomic mass is 9.98. The van der Waals surface area contributed by atoms with Gasteiger partial charge in [-0.15, -0.1) is 0 Å². The maximum absolute atomic E-state index is 13.7. The Labute approximate surface area is 694 Å². The number of aldehydes is 1. The normalized spacial score (nSPS) is 12.3. The first-order valence-corrected chi connectivity index (χ1v) is 41.4. The molecule has 10 heterocycles. The van der Waals surface area contributed by atoms with Crippen molar-refractivity contribution in [3.8, 4) is 67.8 Å². The quantitative estimate of drug-likeness (QED) is 0.109. The maximum atomic E-state index is 13.7. The maximum Gasteiger partial charge on any atom is 0.152 e. The van der Waals surface area contributed by atoms with E-state index in [1.54, 1.807) is 0 Å². The molecule has 0 aliphatic rings. The highest BCUT2D eigenvalue weighted by atomic mass is 16.1. The van der Waals surface area contributed by atoms with E-state index in [4.69, 9.17) is 15.0 Å². The minimum absolute atomic E-state index is 0.632. The Hall–Kier alpha value is -16.7. The average molecular weight is 1560 g/mol. The SMILES string of the molecule is O=Cc1cc2c3ccccc3n(-c3ccccc3)c2c2c3ccccc3n(-c3ccc(-c4ccccc4-n4c5ccccc5c5cc(-c6nc7cc(-c8cccc(-n9c%10ccccc%10c%10c%11c(c%12ccccc%12n%11-c%11ccccc%11)c%11c%12ncccc%12n%12c%13ccccc%13nc%12c%11c%109)c8)ccc7[nH]6)c6c(c7ccccc7n6-c6ccccc6)c54)cc3)c12. The van der Waals surface area contributed by atoms with Crippen LogP contribution in [0.5, 0.6) is 0 Å². The molecule has 0 unspecified atom stereocenters. The number of hydrogen-bond donors (Lipinski definition) is 1. The van der Waals surface area contributed by atoms with Gasteiger partial charge < -0.3 is 32.4 Å². The van der Waals surface area contributed by atoms with Crippen LogP contribution >= 0.6 is 0 Å². The number of rotatable bonds is 10. The van der Waals surface area contributed by atoms with Gasteiger partial charge in [0.05, 0.1) is 110 Å². The molecular weight excluding hydrogens is 1490 g/mol. The van der Waals surface area contributed by atoms with Crippen LogP contribution in [0.2, 0.25) is 0 Å². The van der Waals surface area contributed by atoms with Crippen molar-refractivity contribution in [1.82, 2.24) is 51.7 Å². The first-order valence-electron chi connectivity index (χ1n) is 41.4. The fourth-order valence-corrected chi connectivity index (χ4v) is 21.0. The van der Waals surface area contributed by atoms with Crippen LogP contribution in [0.25, 0.3) is 248 Å². The first kappa shape index (κ1) is 66.4. The number of carbonyl (C=O) groups is 1. The number of fused-ring (bicyclic) bond motifs is 32. The molecule has 122 heavy (non-hydrogen) atoms. The summed E-state index contributed by atoms with van der Waals surface area (Å²) in [6.45, 7) is 0. The third-order valence-electron chi connectivity index (χ3n) is 25.9. The van der Waals surface area contributed by atoms with Crippen LogP contribution in [0.4, 0.5) is 0 Å². The van der Waals surface area contributed by atoms with Crippen molar-refractivity contribution >= 4 is 187 Å². The van der Waals surface area contributed by atoms with Gasteiger partial charge in [0.25, 0.3) is 0 Å². The molecule has 12 heteroatoms. The molecule has 27 aromatic rings. The highest BCUT2D eigenvalue weighted by Crippen LogP contribution is 2.53. The van der Waals surface area contributed by atoms with Crippen LogP contribution in [0.3, 0.4) is 0 Å². The van der Waals surface area contributed by atoms with E-state index in [1.165, 1.54) is 0 Å². The second kappa shape index (κ2) is 25.2. The van der Waals surface area contributed by atoms with Gasteiger partial charge in [0.15, 0.2) is 6.29 Å². The zero-order chi connectivity index (χ0) is 79.7. The number of imidazole rings is 2. The van der Waals surface area contributed by atoms with E-state index in [2.05, 4.69) is 407 Å². The van der Waals surface area contributed by atoms with Gasteiger partial charge in [-0.1, -0.05) is 224 Å². The lowest BCUT2D eigenvalue weighted by Crippen LogP contribution is -2.00. The summed E-state index contributed by atoms with van der Waals surface area (Å²) in [5.41, 5.74) is 31.2. The van der Waals surface area contributed by atoms with Gasteiger partial charge in [0.2, 0.25) is 0 Å². The summed E-state index contributed by atoms with van der Waals surface area (Å²) in [6.07, 6.45) is 2.97. The standard InChI is InChI=1S/C110H65N11O/c122-64-68-61-81-75-37-11-19-45-88(75)116(69-29-4-1-5-30-69)104(81)97-78-40-14-22-48-91(78)115(103(68)97)72-56-53-65(54-57-72)74-36-10-18-44-87(74)120-89-46-20-12-38-76(89)82-63-83(106-98(105(82)120)79-41-15-23-49-92(79)117(106)70-31-6-2-7-32-70)109-112-84-58-55-67(62-86(84)113-109)66-28-26-35-73(60-66)119-93-50-24-16-42-80(93)99-107-96(77-39-13-21-47-90(77)118(107)71-33-8-3-9-34-71)100-101(108(99)119)110-114-85-43-17-25-51-94(85)121(110)95-52-27-59-111-102(95)100/h1-64H,(H,112,113). The minimum atomic E-state index is 0.632. The van der Waals surface area contributed by atoms with E-state index in [0.717, 1.165) is 254 Å². The Morgan fingerprint density at radius 3 is 1.35 bits per heavy atom. The fourth-order valence-electron chi connectivity index (χ4n) is 21.0. The Kier molecular flexibility index (Phi) is 13.7. The molecule has 0 atom stereocenters. The van der Waals surface area contributed by atoms with E-state index in [-0.39, 0.29) is 0 Å². The number of hydrogen-bond acceptors (Lipinski definition) is 4. The van der Waals surface area contributed by atoms with Crippen LogP contribution in [0.15, 0.2) is 382 Å². The summed E-state index contributed by atoms with van der Waals surface area (Å²) in [4.78, 5) is 34.5. The lowest BCUT2D eigenvalue weighted by molar-refractivity contribution is 0.112. The number of para-hydroxylation sites is 12. The monoisotopic (exact) mass is 1560 g/mol. The van der Waals surface area contributed by atoms with Crippen LogP contribution in [0, 0.1) is 0 Å². The highest BCUT2D eigenvalue weighted by Gasteiger charge is 2.32. The predicted octanol–water partition coefficient (Wildman–Crippen LogP) is 27.5. The summed E-state index contributed by atoms with van der Waals surface area (Å²) in [5.74, 6) is 0.762. The van der Waals surface area contributed by atoms with Crippen molar-refractivity contribution < 1.29 is 4.79 Å². The smallest absolute Gasteiger partial charge is 0.152 e. The third kappa shape index (κ3) is 9.07. The molecular formula is C110H65N11O. The number of nitrogens with one attached hydrogen (secondary N) is 1. The largest absolute Gasteiger partial charge is 0.338 e. The first-order chi connectivity index (χ1) is 60.6. The molecule has 0 aliphatic carbocycles. The summed E-state index contributed by atoms with van der Waals surface area (Å²) < 4.78 is 16.9. The van der Waals surface area contributed by atoms with Gasteiger partial charge in [0, 0.05) is 121 Å². The molecule has 0 amide bonds. The van der Waals surface area contributed by atoms with Gasteiger partial charge >= 0.3 is 0 Å². The Bertz CT molecular complexity index is 9230. The number of H-pyrrole nitrogens is 1. The van der Waals surface area contributed by atoms with Gasteiger partial charge in [-0.05, 0) is 168 Å².